The number of halogens is 2. The number of alkyl halides is 2. The van der Waals surface area contributed by atoms with Gasteiger partial charge < -0.3 is 9.64 Å². The first-order valence-electron chi connectivity index (χ1n) is 9.62. The van der Waals surface area contributed by atoms with Gasteiger partial charge in [0.25, 0.3) is 5.92 Å². The molecule has 0 saturated carbocycles. The molecular formula is C22H27F2N3O. The van der Waals surface area contributed by atoms with Crippen molar-refractivity contribution in [2.24, 2.45) is 0 Å². The van der Waals surface area contributed by atoms with Crippen molar-refractivity contribution in [1.29, 1.82) is 0 Å². The number of ether oxygens (including phenoxy) is 1. The minimum atomic E-state index is -2.86. The molecule has 2 aromatic carbocycles. The average molecular weight is 387 g/mol. The fraction of sp³-hybridized carbons (Fsp3) is 0.409. The van der Waals surface area contributed by atoms with E-state index < -0.39 is 5.92 Å². The zero-order valence-corrected chi connectivity index (χ0v) is 16.6. The van der Waals surface area contributed by atoms with E-state index in [0.717, 1.165) is 49.5 Å². The van der Waals surface area contributed by atoms with E-state index in [2.05, 4.69) is 29.1 Å². The summed E-state index contributed by atoms with van der Waals surface area (Å²) in [6, 6.07) is 12.1. The van der Waals surface area contributed by atoms with Gasteiger partial charge in [-0.05, 0) is 49.8 Å². The number of aromatic nitrogens is 2. The number of unbranched alkanes of at least 4 members (excludes halogenated alkanes) is 1. The summed E-state index contributed by atoms with van der Waals surface area (Å²) in [6.07, 6.45) is 2.32. The molecule has 150 valence electrons. The fourth-order valence-corrected chi connectivity index (χ4v) is 3.13. The monoisotopic (exact) mass is 387 g/mol. The molecule has 0 saturated heterocycles. The van der Waals surface area contributed by atoms with Gasteiger partial charge in [0.15, 0.2) is 0 Å². The lowest BCUT2D eigenvalue weighted by atomic mass is 10.1. The average Bonchev–Trinajstić information content (AvgIpc) is 3.06. The molecule has 28 heavy (non-hydrogen) atoms. The first-order chi connectivity index (χ1) is 13.4. The summed E-state index contributed by atoms with van der Waals surface area (Å²) in [5.41, 5.74) is 2.65. The van der Waals surface area contributed by atoms with Crippen molar-refractivity contribution in [2.75, 3.05) is 13.6 Å². The van der Waals surface area contributed by atoms with Gasteiger partial charge in [-0.2, -0.15) is 5.10 Å². The Morgan fingerprint density at radius 3 is 2.75 bits per heavy atom. The first-order valence-corrected chi connectivity index (χ1v) is 9.62. The Kier molecular flexibility index (Phi) is 6.29. The highest BCUT2D eigenvalue weighted by molar-refractivity contribution is 5.82. The van der Waals surface area contributed by atoms with Gasteiger partial charge in [0.2, 0.25) is 0 Å². The molecule has 6 heteroatoms. The van der Waals surface area contributed by atoms with Crippen LogP contribution in [0.3, 0.4) is 0 Å². The largest absolute Gasteiger partial charge is 0.489 e. The van der Waals surface area contributed by atoms with E-state index in [9.17, 15) is 8.78 Å². The van der Waals surface area contributed by atoms with E-state index in [1.807, 2.05) is 18.2 Å². The molecule has 0 unspecified atom stereocenters. The zero-order chi connectivity index (χ0) is 20.1. The van der Waals surface area contributed by atoms with E-state index in [0.29, 0.717) is 11.3 Å². The van der Waals surface area contributed by atoms with Crippen LogP contribution in [-0.2, 0) is 19.1 Å². The van der Waals surface area contributed by atoms with E-state index in [-0.39, 0.29) is 12.2 Å². The summed E-state index contributed by atoms with van der Waals surface area (Å²) in [5, 5.41) is 8.50. The Balaban J connectivity index is 1.71. The number of nitrogens with one attached hydrogen (secondary N) is 1. The molecule has 1 heterocycles. The fourth-order valence-electron chi connectivity index (χ4n) is 3.13. The molecule has 0 fully saturated rings. The molecule has 1 aromatic heterocycles. The number of rotatable bonds is 9. The van der Waals surface area contributed by atoms with Gasteiger partial charge >= 0.3 is 0 Å². The highest BCUT2D eigenvalue weighted by Gasteiger charge is 2.24. The lowest BCUT2D eigenvalue weighted by molar-refractivity contribution is 0.0173. The SMILES string of the molecule is CCCCN(C)Cc1[nH]nc2ccc(OCc3cccc(C(C)(F)F)c3)cc12. The molecular weight excluding hydrogens is 360 g/mol. The second kappa shape index (κ2) is 8.69. The summed E-state index contributed by atoms with van der Waals surface area (Å²) >= 11 is 0. The van der Waals surface area contributed by atoms with Gasteiger partial charge in [-0.25, -0.2) is 8.78 Å². The minimum Gasteiger partial charge on any atom is -0.489 e. The van der Waals surface area contributed by atoms with E-state index in [1.165, 1.54) is 12.1 Å². The summed E-state index contributed by atoms with van der Waals surface area (Å²) in [7, 11) is 2.10. The summed E-state index contributed by atoms with van der Waals surface area (Å²) in [5.74, 6) is -2.16. The quantitative estimate of drug-likeness (QED) is 0.528. The second-order valence-electron chi connectivity index (χ2n) is 7.35. The van der Waals surface area contributed by atoms with Crippen LogP contribution in [0, 0.1) is 0 Å². The van der Waals surface area contributed by atoms with Gasteiger partial charge in [-0.3, -0.25) is 5.10 Å². The Bertz CT molecular complexity index is 918. The molecule has 0 aliphatic rings. The first kappa shape index (κ1) is 20.3. The number of H-pyrrole nitrogens is 1. The summed E-state index contributed by atoms with van der Waals surface area (Å²) < 4.78 is 32.9. The van der Waals surface area contributed by atoms with Crippen LogP contribution < -0.4 is 4.74 Å². The van der Waals surface area contributed by atoms with Gasteiger partial charge in [0.1, 0.15) is 12.4 Å². The molecule has 0 amide bonds. The van der Waals surface area contributed by atoms with Crippen molar-refractivity contribution in [1.82, 2.24) is 15.1 Å². The molecule has 0 bridgehead atoms. The zero-order valence-electron chi connectivity index (χ0n) is 16.6. The van der Waals surface area contributed by atoms with Crippen LogP contribution in [0.2, 0.25) is 0 Å². The Morgan fingerprint density at radius 2 is 2.00 bits per heavy atom. The van der Waals surface area contributed by atoms with Gasteiger partial charge in [-0.1, -0.05) is 31.5 Å². The number of fused-ring (bicyclic) bond motifs is 1. The summed E-state index contributed by atoms with van der Waals surface area (Å²) in [6.45, 7) is 5.14. The Hall–Kier alpha value is -2.47. The molecule has 0 aliphatic carbocycles. The van der Waals surface area contributed by atoms with Crippen molar-refractivity contribution in [3.8, 4) is 5.75 Å². The predicted molar refractivity (Wildman–Crippen MR) is 108 cm³/mol. The Morgan fingerprint density at radius 1 is 1.18 bits per heavy atom. The van der Waals surface area contributed by atoms with E-state index >= 15 is 0 Å². The maximum Gasteiger partial charge on any atom is 0.270 e. The third kappa shape index (κ3) is 5.07. The van der Waals surface area contributed by atoms with Gasteiger partial charge in [0.05, 0.1) is 11.2 Å². The maximum atomic E-state index is 13.5. The van der Waals surface area contributed by atoms with Crippen molar-refractivity contribution >= 4 is 10.9 Å². The molecule has 1 N–H and O–H groups in total. The standard InChI is InChI=1S/C22H27F2N3O/c1-4-5-11-27(3)14-21-19-13-18(9-10-20(19)25-26-21)28-15-16-7-6-8-17(12-16)22(2,23)24/h6-10,12-13H,4-5,11,14-15H2,1-3H3,(H,25,26). The predicted octanol–water partition coefficient (Wildman–Crippen LogP) is 5.49. The van der Waals surface area contributed by atoms with Crippen molar-refractivity contribution in [3.05, 3.63) is 59.3 Å². The minimum absolute atomic E-state index is 0.00344. The lowest BCUT2D eigenvalue weighted by Gasteiger charge is -2.15. The molecule has 3 rings (SSSR count). The van der Waals surface area contributed by atoms with Crippen LogP contribution in [0.4, 0.5) is 8.78 Å². The number of benzene rings is 2. The van der Waals surface area contributed by atoms with Gasteiger partial charge in [-0.15, -0.1) is 0 Å². The van der Waals surface area contributed by atoms with Crippen molar-refractivity contribution < 1.29 is 13.5 Å². The molecule has 4 nitrogen and oxygen atoms in total. The summed E-state index contributed by atoms with van der Waals surface area (Å²) in [4.78, 5) is 2.26. The van der Waals surface area contributed by atoms with Crippen molar-refractivity contribution in [2.45, 2.75) is 45.8 Å². The van der Waals surface area contributed by atoms with Crippen LogP contribution in [0.15, 0.2) is 42.5 Å². The highest BCUT2D eigenvalue weighted by Crippen LogP contribution is 2.28. The topological polar surface area (TPSA) is 41.2 Å². The van der Waals surface area contributed by atoms with E-state index in [4.69, 9.17) is 4.74 Å². The lowest BCUT2D eigenvalue weighted by Crippen LogP contribution is -2.19. The van der Waals surface area contributed by atoms with Crippen LogP contribution >= 0.6 is 0 Å². The van der Waals surface area contributed by atoms with Gasteiger partial charge in [0, 0.05) is 24.4 Å². The molecule has 0 spiro atoms. The van der Waals surface area contributed by atoms with Crippen molar-refractivity contribution in [3.63, 3.8) is 0 Å². The number of nitrogens with zero attached hydrogens (tertiary/aromatic N) is 2. The Labute approximate surface area is 164 Å². The second-order valence-corrected chi connectivity index (χ2v) is 7.35. The maximum absolute atomic E-state index is 13.5. The molecule has 3 aromatic rings. The molecule has 0 atom stereocenters. The number of hydrogen-bond acceptors (Lipinski definition) is 3. The van der Waals surface area contributed by atoms with E-state index in [1.54, 1.807) is 12.1 Å². The number of hydrogen-bond donors (Lipinski definition) is 1. The van der Waals surface area contributed by atoms with Crippen LogP contribution in [0.25, 0.3) is 10.9 Å². The smallest absolute Gasteiger partial charge is 0.270 e. The number of aromatic amines is 1. The molecule has 0 radical (unpaired) electrons. The van der Waals surface area contributed by atoms with Crippen LogP contribution in [0.1, 0.15) is 43.5 Å². The van der Waals surface area contributed by atoms with Crippen LogP contribution in [0.5, 0.6) is 5.75 Å². The normalized spacial score (nSPS) is 12.1. The third-order valence-corrected chi connectivity index (χ3v) is 4.77. The third-order valence-electron chi connectivity index (χ3n) is 4.77. The van der Waals surface area contributed by atoms with Crippen LogP contribution in [-0.4, -0.2) is 28.7 Å². The molecule has 0 aliphatic heterocycles. The highest BCUT2D eigenvalue weighted by atomic mass is 19.3.